The van der Waals surface area contributed by atoms with Gasteiger partial charge in [-0.3, -0.25) is 0 Å². The van der Waals surface area contributed by atoms with Crippen molar-refractivity contribution in [2.75, 3.05) is 42.4 Å². The first kappa shape index (κ1) is 17.9. The number of rotatable bonds is 5. The molecule has 27 heavy (non-hydrogen) atoms. The Hall–Kier alpha value is -2.49. The van der Waals surface area contributed by atoms with Crippen LogP contribution in [0.1, 0.15) is 5.69 Å². The molecule has 0 spiro atoms. The van der Waals surface area contributed by atoms with E-state index in [1.54, 1.807) is 0 Å². The summed E-state index contributed by atoms with van der Waals surface area (Å²) in [6.45, 7) is 4.88. The van der Waals surface area contributed by atoms with Gasteiger partial charge in [-0.2, -0.15) is 0 Å². The molecule has 1 aliphatic rings. The number of anilines is 2. The number of morpholine rings is 1. The second kappa shape index (κ2) is 7.63. The highest BCUT2D eigenvalue weighted by atomic mass is 32.2. The first-order chi connectivity index (χ1) is 13.1. The maximum Gasteiger partial charge on any atom is 0.180 e. The average Bonchev–Trinajstić information content (AvgIpc) is 3.06. The standard InChI is InChI=1S/C18H21N5O3S/c1-13-10-23-11-16(14-3-2-4-15(9-14)19-12-27(24)25)21-18(17(23)20-13)22-5-7-26-8-6-22/h2-4,9-11,19H,5-8,12H2,1H3,(H,24,25). The third kappa shape index (κ3) is 3.95. The number of nitrogens with one attached hydrogen (secondary N) is 1. The van der Waals surface area contributed by atoms with Crippen molar-refractivity contribution in [1.29, 1.82) is 0 Å². The first-order valence-corrected chi connectivity index (χ1v) is 9.98. The molecule has 9 heteroatoms. The average molecular weight is 387 g/mol. The summed E-state index contributed by atoms with van der Waals surface area (Å²) in [5.41, 5.74) is 4.28. The monoisotopic (exact) mass is 387 g/mol. The predicted octanol–water partition coefficient (Wildman–Crippen LogP) is 2.13. The van der Waals surface area contributed by atoms with Crippen molar-refractivity contribution in [2.45, 2.75) is 6.92 Å². The molecule has 3 heterocycles. The fourth-order valence-corrected chi connectivity index (χ4v) is 3.45. The Morgan fingerprint density at radius 1 is 1.26 bits per heavy atom. The minimum absolute atomic E-state index is 0.0182. The molecule has 8 nitrogen and oxygen atoms in total. The molecule has 2 N–H and O–H groups in total. The van der Waals surface area contributed by atoms with E-state index >= 15 is 0 Å². The predicted molar refractivity (Wildman–Crippen MR) is 105 cm³/mol. The summed E-state index contributed by atoms with van der Waals surface area (Å²) >= 11 is -1.90. The molecule has 142 valence electrons. The Kier molecular flexibility index (Phi) is 5.06. The van der Waals surface area contributed by atoms with Crippen molar-refractivity contribution in [3.8, 4) is 11.3 Å². The highest BCUT2D eigenvalue weighted by Crippen LogP contribution is 2.27. The van der Waals surface area contributed by atoms with Gasteiger partial charge >= 0.3 is 0 Å². The van der Waals surface area contributed by atoms with Gasteiger partial charge in [-0.1, -0.05) is 12.1 Å². The van der Waals surface area contributed by atoms with Crippen molar-refractivity contribution < 1.29 is 13.5 Å². The van der Waals surface area contributed by atoms with E-state index in [9.17, 15) is 4.21 Å². The first-order valence-electron chi connectivity index (χ1n) is 8.71. The summed E-state index contributed by atoms with van der Waals surface area (Å²) in [6.07, 6.45) is 3.95. The van der Waals surface area contributed by atoms with Crippen LogP contribution in [0.25, 0.3) is 16.9 Å². The van der Waals surface area contributed by atoms with Gasteiger partial charge in [0.15, 0.2) is 22.5 Å². The van der Waals surface area contributed by atoms with Crippen LogP contribution >= 0.6 is 0 Å². The van der Waals surface area contributed by atoms with E-state index in [1.165, 1.54) is 0 Å². The van der Waals surface area contributed by atoms with Gasteiger partial charge in [0, 0.05) is 36.7 Å². The van der Waals surface area contributed by atoms with Crippen molar-refractivity contribution in [3.05, 3.63) is 42.4 Å². The molecule has 3 aromatic rings. The lowest BCUT2D eigenvalue weighted by molar-refractivity contribution is 0.122. The second-order valence-corrected chi connectivity index (χ2v) is 7.32. The van der Waals surface area contributed by atoms with Crippen LogP contribution in [0.15, 0.2) is 36.7 Å². The SMILES string of the molecule is Cc1cn2cc(-c3cccc(NCS(=O)O)c3)nc(N3CCOCC3)c2n1. The molecule has 0 amide bonds. The molecular formula is C18H21N5O3S. The number of nitrogens with zero attached hydrogens (tertiary/aromatic N) is 4. The van der Waals surface area contributed by atoms with Crippen LogP contribution in [0.4, 0.5) is 11.5 Å². The van der Waals surface area contributed by atoms with Crippen LogP contribution < -0.4 is 10.2 Å². The van der Waals surface area contributed by atoms with Crippen molar-refractivity contribution in [3.63, 3.8) is 0 Å². The topological polar surface area (TPSA) is 92.0 Å². The maximum absolute atomic E-state index is 10.9. The van der Waals surface area contributed by atoms with Crippen LogP contribution in [0.2, 0.25) is 0 Å². The van der Waals surface area contributed by atoms with E-state index in [-0.39, 0.29) is 5.88 Å². The maximum atomic E-state index is 10.9. The van der Waals surface area contributed by atoms with E-state index in [0.717, 1.165) is 47.2 Å². The van der Waals surface area contributed by atoms with E-state index in [4.69, 9.17) is 14.3 Å². The molecule has 1 fully saturated rings. The van der Waals surface area contributed by atoms with Gasteiger partial charge < -0.3 is 23.9 Å². The number of aryl methyl sites for hydroxylation is 1. The van der Waals surface area contributed by atoms with E-state index in [0.29, 0.717) is 13.2 Å². The van der Waals surface area contributed by atoms with Crippen LogP contribution in [0, 0.1) is 6.92 Å². The Bertz CT molecular complexity index is 984. The number of imidazole rings is 1. The van der Waals surface area contributed by atoms with E-state index in [2.05, 4.69) is 15.2 Å². The number of fused-ring (bicyclic) bond motifs is 1. The number of aromatic nitrogens is 3. The van der Waals surface area contributed by atoms with Gasteiger partial charge in [0.25, 0.3) is 0 Å². The van der Waals surface area contributed by atoms with Gasteiger partial charge in [0.1, 0.15) is 5.88 Å². The molecular weight excluding hydrogens is 366 g/mol. The van der Waals surface area contributed by atoms with E-state index < -0.39 is 11.1 Å². The molecule has 0 bridgehead atoms. The third-order valence-electron chi connectivity index (χ3n) is 4.41. The third-order valence-corrected chi connectivity index (χ3v) is 4.80. The van der Waals surface area contributed by atoms with Crippen LogP contribution in [-0.2, 0) is 15.8 Å². The van der Waals surface area contributed by atoms with E-state index in [1.807, 2.05) is 48.0 Å². The van der Waals surface area contributed by atoms with Crippen molar-refractivity contribution in [1.82, 2.24) is 14.4 Å². The van der Waals surface area contributed by atoms with Gasteiger partial charge in [-0.05, 0) is 19.1 Å². The molecule has 1 atom stereocenters. The molecule has 4 rings (SSSR count). The van der Waals surface area contributed by atoms with Gasteiger partial charge in [0.2, 0.25) is 0 Å². The second-order valence-electron chi connectivity index (χ2n) is 6.39. The summed E-state index contributed by atoms with van der Waals surface area (Å²) < 4.78 is 27.3. The molecule has 0 saturated carbocycles. The lowest BCUT2D eigenvalue weighted by Crippen LogP contribution is -2.37. The highest BCUT2D eigenvalue weighted by molar-refractivity contribution is 7.79. The zero-order valence-electron chi connectivity index (χ0n) is 15.0. The number of benzene rings is 1. The lowest BCUT2D eigenvalue weighted by Gasteiger charge is -2.28. The zero-order valence-corrected chi connectivity index (χ0v) is 15.8. The molecule has 1 aromatic carbocycles. The summed E-state index contributed by atoms with van der Waals surface area (Å²) in [7, 11) is 0. The minimum Gasteiger partial charge on any atom is -0.378 e. The minimum atomic E-state index is -1.90. The molecule has 0 radical (unpaired) electrons. The number of hydrogen-bond donors (Lipinski definition) is 2. The quantitative estimate of drug-likeness (QED) is 0.648. The van der Waals surface area contributed by atoms with Crippen LogP contribution in [0.5, 0.6) is 0 Å². The zero-order chi connectivity index (χ0) is 18.8. The van der Waals surface area contributed by atoms with Crippen LogP contribution in [-0.4, -0.2) is 55.3 Å². The number of ether oxygens (including phenoxy) is 1. The Morgan fingerprint density at radius 3 is 2.85 bits per heavy atom. The van der Waals surface area contributed by atoms with Gasteiger partial charge in [-0.15, -0.1) is 0 Å². The van der Waals surface area contributed by atoms with Crippen molar-refractivity contribution in [2.24, 2.45) is 0 Å². The Morgan fingerprint density at radius 2 is 2.07 bits per heavy atom. The molecule has 2 aromatic heterocycles. The number of hydrogen-bond acceptors (Lipinski definition) is 6. The van der Waals surface area contributed by atoms with Gasteiger partial charge in [0.05, 0.1) is 24.6 Å². The molecule has 1 aliphatic heterocycles. The molecule has 0 aliphatic carbocycles. The smallest absolute Gasteiger partial charge is 0.180 e. The summed E-state index contributed by atoms with van der Waals surface area (Å²) in [5, 5.41) is 2.95. The molecule has 1 saturated heterocycles. The highest BCUT2D eigenvalue weighted by Gasteiger charge is 2.19. The Labute approximate surface area is 159 Å². The Balaban J connectivity index is 1.75. The summed E-state index contributed by atoms with van der Waals surface area (Å²) in [6, 6.07) is 7.66. The van der Waals surface area contributed by atoms with Crippen molar-refractivity contribution >= 4 is 28.2 Å². The van der Waals surface area contributed by atoms with Crippen LogP contribution in [0.3, 0.4) is 0 Å². The fraction of sp³-hybridized carbons (Fsp3) is 0.333. The fourth-order valence-electron chi connectivity index (χ4n) is 3.16. The van der Waals surface area contributed by atoms with Gasteiger partial charge in [-0.25, -0.2) is 14.2 Å². The summed E-state index contributed by atoms with van der Waals surface area (Å²) in [5.74, 6) is 0.828. The normalized spacial score (nSPS) is 15.9. The lowest BCUT2D eigenvalue weighted by atomic mass is 10.1. The largest absolute Gasteiger partial charge is 0.378 e. The molecule has 1 unspecified atom stereocenters. The summed E-state index contributed by atoms with van der Waals surface area (Å²) in [4.78, 5) is 11.7.